The highest BCUT2D eigenvalue weighted by Gasteiger charge is 2.25. The fourth-order valence-electron chi connectivity index (χ4n) is 1.51. The summed E-state index contributed by atoms with van der Waals surface area (Å²) in [6, 6.07) is 5.54. The van der Waals surface area contributed by atoms with E-state index in [2.05, 4.69) is 5.32 Å². The van der Waals surface area contributed by atoms with Crippen molar-refractivity contribution in [3.63, 3.8) is 0 Å². The summed E-state index contributed by atoms with van der Waals surface area (Å²) in [5, 5.41) is 12.9. The third-order valence-corrected chi connectivity index (χ3v) is 2.58. The van der Waals surface area contributed by atoms with Crippen molar-refractivity contribution >= 4 is 17.3 Å². The summed E-state index contributed by atoms with van der Waals surface area (Å²) >= 11 is 5.83. The largest absolute Gasteiger partial charge is 0.484 e. The average Bonchev–Trinajstić information content (AvgIpc) is 2.17. The molecule has 0 bridgehead atoms. The highest BCUT2D eigenvalue weighted by atomic mass is 35.5. The molecule has 1 aliphatic heterocycles. The molecule has 4 heteroatoms. The second kappa shape index (κ2) is 3.67. The topological polar surface area (TPSA) is 41.5 Å². The molecule has 1 aliphatic rings. The maximum absolute atomic E-state index is 9.06. The summed E-state index contributed by atoms with van der Waals surface area (Å²) in [4.78, 5) is 0. The van der Waals surface area contributed by atoms with Gasteiger partial charge in [0.25, 0.3) is 0 Å². The minimum absolute atomic E-state index is 0.000119. The number of ether oxygens (including phenoxy) is 1. The van der Waals surface area contributed by atoms with E-state index in [4.69, 9.17) is 21.4 Å². The summed E-state index contributed by atoms with van der Waals surface area (Å²) in [7, 11) is 0. The lowest BCUT2D eigenvalue weighted by atomic mass is 10.1. The van der Waals surface area contributed by atoms with Crippen LogP contribution in [0.25, 0.3) is 0 Å². The van der Waals surface area contributed by atoms with Crippen molar-refractivity contribution in [2.75, 3.05) is 11.9 Å². The average molecular weight is 214 g/mol. The van der Waals surface area contributed by atoms with E-state index in [0.717, 1.165) is 5.69 Å². The van der Waals surface area contributed by atoms with Crippen molar-refractivity contribution in [1.82, 2.24) is 0 Å². The second-order valence-electron chi connectivity index (χ2n) is 3.41. The highest BCUT2D eigenvalue weighted by molar-refractivity contribution is 6.30. The first-order chi connectivity index (χ1) is 6.70. The van der Waals surface area contributed by atoms with Gasteiger partial charge in [-0.2, -0.15) is 0 Å². The molecule has 2 unspecified atom stereocenters. The molecule has 14 heavy (non-hydrogen) atoms. The van der Waals surface area contributed by atoms with E-state index >= 15 is 0 Å². The van der Waals surface area contributed by atoms with Gasteiger partial charge in [0.05, 0.1) is 18.3 Å². The first kappa shape index (κ1) is 9.62. The summed E-state index contributed by atoms with van der Waals surface area (Å²) in [6.45, 7) is 1.97. The summed E-state index contributed by atoms with van der Waals surface area (Å²) in [5.41, 5.74) is 0.923. The molecule has 2 atom stereocenters. The number of hydrogen-bond donors (Lipinski definition) is 2. The quantitative estimate of drug-likeness (QED) is 0.749. The number of aliphatic hydroxyl groups excluding tert-OH is 1. The lowest BCUT2D eigenvalue weighted by Gasteiger charge is -2.31. The Bertz CT molecular complexity index is 343. The number of rotatable bonds is 1. The van der Waals surface area contributed by atoms with E-state index in [1.165, 1.54) is 0 Å². The minimum Gasteiger partial charge on any atom is -0.484 e. The van der Waals surface area contributed by atoms with Crippen LogP contribution < -0.4 is 10.1 Å². The van der Waals surface area contributed by atoms with Crippen LogP contribution in [0.5, 0.6) is 5.75 Å². The van der Waals surface area contributed by atoms with Crippen LogP contribution in [-0.2, 0) is 0 Å². The standard InChI is InChI=1S/C10H12ClNO2/c1-6-10(5-13)14-9-4-7(11)2-3-8(9)12-6/h2-4,6,10,12-13H,5H2,1H3. The third kappa shape index (κ3) is 1.65. The van der Waals surface area contributed by atoms with Crippen LogP contribution in [0.2, 0.25) is 5.02 Å². The van der Waals surface area contributed by atoms with Crippen LogP contribution in [0.3, 0.4) is 0 Å². The number of hydrogen-bond acceptors (Lipinski definition) is 3. The van der Waals surface area contributed by atoms with Crippen LogP contribution in [0.1, 0.15) is 6.92 Å². The van der Waals surface area contributed by atoms with Crippen LogP contribution >= 0.6 is 11.6 Å². The Morgan fingerprint density at radius 2 is 2.36 bits per heavy atom. The van der Waals surface area contributed by atoms with Gasteiger partial charge in [0.15, 0.2) is 0 Å². The summed E-state index contributed by atoms with van der Waals surface area (Å²) < 4.78 is 5.58. The van der Waals surface area contributed by atoms with Gasteiger partial charge in [0, 0.05) is 11.1 Å². The van der Waals surface area contributed by atoms with Crippen LogP contribution in [-0.4, -0.2) is 23.9 Å². The first-order valence-corrected chi connectivity index (χ1v) is 4.92. The van der Waals surface area contributed by atoms with Gasteiger partial charge in [-0.3, -0.25) is 0 Å². The molecule has 1 aromatic rings. The third-order valence-electron chi connectivity index (χ3n) is 2.34. The molecule has 2 N–H and O–H groups in total. The molecule has 0 spiro atoms. The van der Waals surface area contributed by atoms with Gasteiger partial charge in [-0.15, -0.1) is 0 Å². The number of benzene rings is 1. The Hall–Kier alpha value is -0.930. The Labute approximate surface area is 87.6 Å². The molecule has 2 rings (SSSR count). The number of nitrogens with one attached hydrogen (secondary N) is 1. The van der Waals surface area contributed by atoms with Gasteiger partial charge < -0.3 is 15.2 Å². The number of aliphatic hydroxyl groups is 1. The highest BCUT2D eigenvalue weighted by Crippen LogP contribution is 2.33. The molecule has 76 valence electrons. The lowest BCUT2D eigenvalue weighted by Crippen LogP contribution is -2.41. The fraction of sp³-hybridized carbons (Fsp3) is 0.400. The van der Waals surface area contributed by atoms with Crippen molar-refractivity contribution in [2.45, 2.75) is 19.1 Å². The van der Waals surface area contributed by atoms with Crippen molar-refractivity contribution in [1.29, 1.82) is 0 Å². The molecule has 1 aromatic carbocycles. The van der Waals surface area contributed by atoms with Gasteiger partial charge in [-0.05, 0) is 19.1 Å². The maximum atomic E-state index is 9.06. The predicted molar refractivity (Wildman–Crippen MR) is 56.0 cm³/mol. The van der Waals surface area contributed by atoms with Crippen molar-refractivity contribution in [3.05, 3.63) is 23.2 Å². The van der Waals surface area contributed by atoms with Gasteiger partial charge in [0.2, 0.25) is 0 Å². The van der Waals surface area contributed by atoms with Gasteiger partial charge in [-0.1, -0.05) is 11.6 Å². The molecule has 0 saturated heterocycles. The molecule has 0 fully saturated rings. The molecule has 0 radical (unpaired) electrons. The Morgan fingerprint density at radius 3 is 3.07 bits per heavy atom. The predicted octanol–water partition coefficient (Wildman–Crippen LogP) is 1.89. The van der Waals surface area contributed by atoms with Gasteiger partial charge in [-0.25, -0.2) is 0 Å². The van der Waals surface area contributed by atoms with E-state index in [9.17, 15) is 0 Å². The first-order valence-electron chi connectivity index (χ1n) is 4.54. The zero-order valence-corrected chi connectivity index (χ0v) is 8.58. The summed E-state index contributed by atoms with van der Waals surface area (Å²) in [5.74, 6) is 0.703. The molecule has 0 aliphatic carbocycles. The number of fused-ring (bicyclic) bond motifs is 1. The molecule has 1 heterocycles. The van der Waals surface area contributed by atoms with Crippen molar-refractivity contribution in [2.24, 2.45) is 0 Å². The van der Waals surface area contributed by atoms with Crippen molar-refractivity contribution < 1.29 is 9.84 Å². The maximum Gasteiger partial charge on any atom is 0.144 e. The van der Waals surface area contributed by atoms with E-state index in [0.29, 0.717) is 10.8 Å². The zero-order valence-electron chi connectivity index (χ0n) is 7.83. The van der Waals surface area contributed by atoms with Gasteiger partial charge >= 0.3 is 0 Å². The Kier molecular flexibility index (Phi) is 2.52. The molecular weight excluding hydrogens is 202 g/mol. The van der Waals surface area contributed by atoms with E-state index < -0.39 is 0 Å². The molecule has 0 saturated carbocycles. The SMILES string of the molecule is CC1Nc2ccc(Cl)cc2OC1CO. The monoisotopic (exact) mass is 213 g/mol. The smallest absolute Gasteiger partial charge is 0.144 e. The van der Waals surface area contributed by atoms with E-state index in [-0.39, 0.29) is 18.8 Å². The zero-order chi connectivity index (χ0) is 10.1. The van der Waals surface area contributed by atoms with E-state index in [1.54, 1.807) is 6.07 Å². The molecule has 0 aromatic heterocycles. The molecule has 3 nitrogen and oxygen atoms in total. The lowest BCUT2D eigenvalue weighted by molar-refractivity contribution is 0.0978. The summed E-state index contributed by atoms with van der Waals surface area (Å²) in [6.07, 6.45) is -0.207. The second-order valence-corrected chi connectivity index (χ2v) is 3.85. The van der Waals surface area contributed by atoms with Gasteiger partial charge in [0.1, 0.15) is 11.9 Å². The van der Waals surface area contributed by atoms with Crippen LogP contribution in [0.15, 0.2) is 18.2 Å². The number of anilines is 1. The van der Waals surface area contributed by atoms with Crippen LogP contribution in [0, 0.1) is 0 Å². The normalized spacial score (nSPS) is 24.8. The Morgan fingerprint density at radius 1 is 1.57 bits per heavy atom. The molecular formula is C10H12ClNO2. The van der Waals surface area contributed by atoms with Crippen LogP contribution in [0.4, 0.5) is 5.69 Å². The Balaban J connectivity index is 2.31. The van der Waals surface area contributed by atoms with Crippen molar-refractivity contribution in [3.8, 4) is 5.75 Å². The van der Waals surface area contributed by atoms with E-state index in [1.807, 2.05) is 19.1 Å². The fourth-order valence-corrected chi connectivity index (χ4v) is 1.67. The minimum atomic E-state index is -0.207. The number of halogens is 1. The molecule has 0 amide bonds.